The Balaban J connectivity index is 0.000000184. The van der Waals surface area contributed by atoms with Crippen molar-refractivity contribution >= 4 is 158 Å². The van der Waals surface area contributed by atoms with Gasteiger partial charge in [0, 0.05) is 96.5 Å². The molecule has 0 unspecified atom stereocenters. The predicted molar refractivity (Wildman–Crippen MR) is 488 cm³/mol. The van der Waals surface area contributed by atoms with Crippen molar-refractivity contribution in [3.05, 3.63) is 123 Å². The summed E-state index contributed by atoms with van der Waals surface area (Å²) in [5.41, 5.74) is 14.5. The fraction of sp³-hybridized carbons (Fsp3) is 0.439. The number of hydrogen-bond donors (Lipinski definition) is 6. The van der Waals surface area contributed by atoms with E-state index >= 15 is 0 Å². The lowest BCUT2D eigenvalue weighted by Crippen LogP contribution is -2.09. The van der Waals surface area contributed by atoms with E-state index in [0.29, 0.717) is 48.0 Å². The van der Waals surface area contributed by atoms with Gasteiger partial charge in [-0.05, 0) is 144 Å². The lowest BCUT2D eigenvalue weighted by molar-refractivity contribution is 0.303. The summed E-state index contributed by atoms with van der Waals surface area (Å²) in [6.07, 6.45) is 15.3. The van der Waals surface area contributed by atoms with E-state index in [1.807, 2.05) is 202 Å². The molecule has 14 heterocycles. The van der Waals surface area contributed by atoms with Crippen LogP contribution in [0.25, 0.3) is 87.0 Å². The maximum Gasteiger partial charge on any atom is 0.223 e. The highest BCUT2D eigenvalue weighted by atomic mass is 32.2. The molecule has 32 heteroatoms. The molecule has 0 bridgehead atoms. The largest absolute Gasteiger partial charge is 0.484 e. The van der Waals surface area contributed by atoms with Crippen molar-refractivity contribution in [3.8, 4) is 50.5 Å². The Bertz CT molecular complexity index is 4790. The van der Waals surface area contributed by atoms with E-state index in [-0.39, 0.29) is 0 Å². The summed E-state index contributed by atoms with van der Waals surface area (Å²) >= 11 is 12.1. The molecule has 0 amide bonds. The molecule has 0 saturated heterocycles. The Morgan fingerprint density at radius 1 is 0.333 bits per heavy atom. The Hall–Kier alpha value is -9.31. The molecule has 6 N–H and O–H groups in total. The van der Waals surface area contributed by atoms with Crippen LogP contribution in [-0.4, -0.2) is 129 Å². The van der Waals surface area contributed by atoms with Crippen molar-refractivity contribution in [2.24, 2.45) is 0 Å². The minimum Gasteiger partial charge on any atom is -0.484 e. The van der Waals surface area contributed by atoms with Gasteiger partial charge < -0.3 is 36.6 Å². The summed E-state index contributed by atoms with van der Waals surface area (Å²) in [6.45, 7) is 53.9. The average Bonchev–Trinajstić information content (AvgIpc) is 1.63. The second-order valence-electron chi connectivity index (χ2n) is 23.3. The molecule has 0 saturated carbocycles. The van der Waals surface area contributed by atoms with Crippen molar-refractivity contribution in [1.82, 2.24) is 89.7 Å². The van der Waals surface area contributed by atoms with Gasteiger partial charge in [0.15, 0.2) is 5.75 Å². The highest BCUT2D eigenvalue weighted by molar-refractivity contribution is 7.98. The second kappa shape index (κ2) is 46.9. The van der Waals surface area contributed by atoms with Gasteiger partial charge >= 0.3 is 0 Å². The molecule has 2 aliphatic carbocycles. The van der Waals surface area contributed by atoms with Crippen LogP contribution in [0.3, 0.4) is 0 Å². The number of hydrogen-bond acceptors (Lipinski definition) is 32. The second-order valence-corrected chi connectivity index (χ2v) is 31.8. The SMILES string of the molecule is CC.CC.CC.CC.CC.CC.CCNc1ncc2c(n1)-c1nc(C)sc1CC2.CCNc1ncc2c(n1)-c1nc(C)sc1CO2.CCNc1ncc2c(n1)-c1nc(C)sc1CS2.CCNc1ncc2c(n1)-c1sc(C)nc1CC2.CCNc1ncc2ccc3nc(C)sc3c2n1.CCNc1ncc2ccc3sc(C)nc3c2n1. The predicted octanol–water partition coefficient (Wildman–Crippen LogP) is 22.2. The van der Waals surface area contributed by atoms with Crippen molar-refractivity contribution in [3.63, 3.8) is 0 Å². The molecule has 18 rings (SSSR count). The van der Waals surface area contributed by atoms with E-state index in [2.05, 4.69) is 142 Å². The molecule has 0 spiro atoms. The molecular formula is C82H112N24OS7. The first kappa shape index (κ1) is 91.9. The number of ether oxygens (including phenoxy) is 1. The zero-order valence-corrected chi connectivity index (χ0v) is 76.3. The van der Waals surface area contributed by atoms with Crippen LogP contribution in [0.2, 0.25) is 0 Å². The maximum atomic E-state index is 5.61. The minimum absolute atomic E-state index is 0.567. The van der Waals surface area contributed by atoms with Crippen LogP contribution < -0.4 is 36.6 Å². The highest BCUT2D eigenvalue weighted by Gasteiger charge is 2.27. The van der Waals surface area contributed by atoms with Gasteiger partial charge in [-0.2, -0.15) is 0 Å². The molecule has 4 aliphatic rings. The third-order valence-corrected chi connectivity index (χ3v) is 22.9. The van der Waals surface area contributed by atoms with Crippen LogP contribution >= 0.6 is 79.8 Å². The van der Waals surface area contributed by atoms with Crippen LogP contribution in [-0.2, 0) is 38.0 Å². The first-order valence-electron chi connectivity index (χ1n) is 39.7. The summed E-state index contributed by atoms with van der Waals surface area (Å²) in [4.78, 5) is 86.4. The van der Waals surface area contributed by atoms with Gasteiger partial charge in [-0.1, -0.05) is 83.1 Å². The van der Waals surface area contributed by atoms with E-state index in [1.165, 1.54) is 36.2 Å². The fourth-order valence-corrected chi connectivity index (χ4v) is 18.0. The maximum absolute atomic E-state index is 5.61. The number of rotatable bonds is 12. The number of fused-ring (bicyclic) bond motifs is 18. The van der Waals surface area contributed by atoms with Gasteiger partial charge in [-0.25, -0.2) is 89.7 Å². The summed E-state index contributed by atoms with van der Waals surface area (Å²) in [7, 11) is 0. The molecule has 12 aromatic heterocycles. The molecule has 114 heavy (non-hydrogen) atoms. The van der Waals surface area contributed by atoms with Crippen LogP contribution in [0.5, 0.6) is 5.75 Å². The Morgan fingerprint density at radius 3 is 1.35 bits per heavy atom. The number of thiazole rings is 6. The van der Waals surface area contributed by atoms with Crippen LogP contribution in [0.15, 0.2) is 66.3 Å². The number of aromatic nitrogens is 18. The number of nitrogens with zero attached hydrogens (tertiary/aromatic N) is 18. The number of thioether (sulfide) groups is 1. The van der Waals surface area contributed by atoms with Crippen LogP contribution in [0.4, 0.5) is 35.7 Å². The third kappa shape index (κ3) is 23.5. The van der Waals surface area contributed by atoms with Gasteiger partial charge in [-0.3, -0.25) is 0 Å². The topological polar surface area (TPSA) is 313 Å². The average molecular weight is 1670 g/mol. The zero-order chi connectivity index (χ0) is 83.0. The number of nitrogens with one attached hydrogen (secondary N) is 6. The van der Waals surface area contributed by atoms with Crippen LogP contribution in [0, 0.1) is 41.5 Å². The molecule has 608 valence electrons. The summed E-state index contributed by atoms with van der Waals surface area (Å²) < 4.78 is 7.93. The van der Waals surface area contributed by atoms with Crippen molar-refractivity contribution in [1.29, 1.82) is 0 Å². The Morgan fingerprint density at radius 2 is 0.763 bits per heavy atom. The summed E-state index contributed by atoms with van der Waals surface area (Å²) in [6, 6.07) is 8.17. The third-order valence-electron chi connectivity index (χ3n) is 15.8. The van der Waals surface area contributed by atoms with Crippen LogP contribution in [0.1, 0.15) is 186 Å². The highest BCUT2D eigenvalue weighted by Crippen LogP contribution is 2.44. The van der Waals surface area contributed by atoms with Crippen molar-refractivity contribution in [2.45, 2.75) is 209 Å². The van der Waals surface area contributed by atoms with E-state index < -0.39 is 0 Å². The number of aryl methyl sites for hydroxylation is 10. The molecule has 2 aromatic carbocycles. The molecule has 0 fully saturated rings. The first-order valence-corrected chi connectivity index (χ1v) is 45.6. The number of benzene rings is 2. The summed E-state index contributed by atoms with van der Waals surface area (Å²) in [5, 5.41) is 27.4. The molecular weight excluding hydrogens is 1560 g/mol. The van der Waals surface area contributed by atoms with Gasteiger partial charge in [-0.15, -0.1) is 79.8 Å². The van der Waals surface area contributed by atoms with E-state index in [1.54, 1.807) is 86.0 Å². The van der Waals surface area contributed by atoms with Gasteiger partial charge in [0.2, 0.25) is 35.7 Å². The normalized spacial score (nSPS) is 11.4. The summed E-state index contributed by atoms with van der Waals surface area (Å²) in [5.74, 6) is 5.76. The Kier molecular flexibility index (Phi) is 37.8. The monoisotopic (exact) mass is 1670 g/mol. The first-order chi connectivity index (χ1) is 55.7. The van der Waals surface area contributed by atoms with Gasteiger partial charge in [0.05, 0.1) is 88.4 Å². The van der Waals surface area contributed by atoms with E-state index in [9.17, 15) is 0 Å². The zero-order valence-electron chi connectivity index (χ0n) is 70.6. The van der Waals surface area contributed by atoms with Crippen molar-refractivity contribution in [2.75, 3.05) is 71.2 Å². The smallest absolute Gasteiger partial charge is 0.223 e. The molecule has 25 nitrogen and oxygen atoms in total. The van der Waals surface area contributed by atoms with Crippen molar-refractivity contribution < 1.29 is 4.74 Å². The Labute approximate surface area is 700 Å². The standard InChI is InChI=1S/C12H14N4S.C12H12N4S.C12H14N4S.C12H12N4S.C11H12N4OS.C11H12N4S2.6C2H6/c2*1-3-13-12-14-6-8-4-5-9-11(10(8)16-12)15-7(2)17-9;2*1-3-13-12-14-6-8-4-5-9-11(10(8)16-12)17-7(2)15-9;2*1-3-12-11-13-4-7-9(15-11)10-8(5-16-7)17-6(2)14-10;6*1-2/h6H,3-5H2,1-2H3,(H,13,14,16);4-6H,3H2,1-2H3,(H,13,14,16);6H,3-5H2,1-2H3,(H,13,14,16);4-6H,3H2,1-2H3,(H,13,14,16);2*4H,3,5H2,1-2H3,(H,12,13,15);6*1-2H3. The lowest BCUT2D eigenvalue weighted by Gasteiger charge is -2.15. The van der Waals surface area contributed by atoms with E-state index in [4.69, 9.17) is 4.74 Å². The van der Waals surface area contributed by atoms with Gasteiger partial charge in [0.1, 0.15) is 46.1 Å². The molecule has 0 radical (unpaired) electrons. The fourth-order valence-electron chi connectivity index (χ4n) is 11.5. The molecule has 2 aliphatic heterocycles. The number of anilines is 6. The molecule has 14 aromatic rings. The van der Waals surface area contributed by atoms with E-state index in [0.717, 1.165) is 188 Å². The lowest BCUT2D eigenvalue weighted by atomic mass is 10.00. The quantitative estimate of drug-likeness (QED) is 0.0662. The molecule has 0 atom stereocenters. The minimum atomic E-state index is 0.567. The van der Waals surface area contributed by atoms with Gasteiger partial charge in [0.25, 0.3) is 0 Å².